The molecule has 0 bridgehead atoms. The standard InChI is InChI=1S/C60H105N4O26P/c1-31(2)33(5)18-20-35(7)37(9)56(77)82-29-41(85-57(78)38(10)36(8)21-19-34(6)32(3)4)30-84-91(79,80)83-25-23-62-46(71)17-14-13-16-45(70)61-22-15-24-81-58-48(64-40(12)69)52(75)54(44(28-67)88-58)89-60-53(76)55(50(73)43(27-66)87-60)90-59-47(63-39(11)68)51(74)49(72)42(26-65)86-59/h18-21,31-38,41-44,47-55,58-60,65-67,72-76H,13-17,22-30H2,1-12H3,(H,61,70)(H,62,71)(H,63,68)(H,64,69)(H,79,80)/b20-18-,21-19-/t33?,34?,35?,36?,37?,38?,41?,42?,43?,44?,47?,48?,49-,50-,51?,52?,53?,54+,55?,58+,59+,60-/m0/s1. The Morgan fingerprint density at radius 1 is 0.516 bits per heavy atom. The van der Waals surface area contributed by atoms with Crippen molar-refractivity contribution < 1.29 is 126 Å². The number of hydrogen-bond donors (Lipinski definition) is 13. The summed E-state index contributed by atoms with van der Waals surface area (Å²) in [6, 6.07) is -2.88. The highest BCUT2D eigenvalue weighted by Crippen LogP contribution is 2.43. The largest absolute Gasteiger partial charge is 0.472 e. The first-order valence-electron chi connectivity index (χ1n) is 31.3. The van der Waals surface area contributed by atoms with Crippen LogP contribution in [0.25, 0.3) is 0 Å². The number of amides is 4. The quantitative estimate of drug-likeness (QED) is 0.0163. The third-order valence-electron chi connectivity index (χ3n) is 16.5. The zero-order valence-corrected chi connectivity index (χ0v) is 55.4. The summed E-state index contributed by atoms with van der Waals surface area (Å²) in [5.41, 5.74) is 0. The first-order valence-corrected chi connectivity index (χ1v) is 32.8. The van der Waals surface area contributed by atoms with Gasteiger partial charge in [0, 0.05) is 39.8 Å². The highest BCUT2D eigenvalue weighted by atomic mass is 31.2. The molecule has 0 aromatic heterocycles. The lowest BCUT2D eigenvalue weighted by Gasteiger charge is -2.49. The molecule has 0 saturated carbocycles. The molecule has 3 heterocycles. The molecule has 3 rings (SSSR count). The van der Waals surface area contributed by atoms with Gasteiger partial charge < -0.3 is 105 Å². The van der Waals surface area contributed by atoms with Crippen molar-refractivity contribution in [3.05, 3.63) is 24.3 Å². The van der Waals surface area contributed by atoms with Crippen LogP contribution in [0.15, 0.2) is 24.3 Å². The van der Waals surface area contributed by atoms with Crippen LogP contribution < -0.4 is 21.3 Å². The van der Waals surface area contributed by atoms with Gasteiger partial charge >= 0.3 is 19.8 Å². The molecule has 526 valence electrons. The second kappa shape index (κ2) is 40.3. The van der Waals surface area contributed by atoms with Crippen molar-refractivity contribution in [1.82, 2.24) is 21.3 Å². The van der Waals surface area contributed by atoms with Crippen molar-refractivity contribution in [2.75, 3.05) is 59.3 Å². The van der Waals surface area contributed by atoms with Crippen LogP contribution in [0, 0.1) is 47.3 Å². The van der Waals surface area contributed by atoms with Gasteiger partial charge in [0.15, 0.2) is 25.0 Å². The second-order valence-electron chi connectivity index (χ2n) is 24.5. The molecule has 3 aliphatic rings. The third kappa shape index (κ3) is 26.9. The molecule has 17 unspecified atom stereocenters. The maximum Gasteiger partial charge on any atom is 0.472 e. The van der Waals surface area contributed by atoms with Gasteiger partial charge in [-0.3, -0.25) is 37.8 Å². The fourth-order valence-electron chi connectivity index (χ4n) is 9.40. The Kier molecular flexibility index (Phi) is 35.9. The van der Waals surface area contributed by atoms with Crippen LogP contribution in [-0.4, -0.2) is 239 Å². The molecule has 3 aliphatic heterocycles. The highest BCUT2D eigenvalue weighted by Gasteiger charge is 2.54. The van der Waals surface area contributed by atoms with Gasteiger partial charge in [-0.2, -0.15) is 0 Å². The van der Waals surface area contributed by atoms with E-state index in [1.54, 1.807) is 13.8 Å². The minimum atomic E-state index is -4.78. The number of hydrogen-bond acceptors (Lipinski definition) is 25. The Morgan fingerprint density at radius 3 is 1.52 bits per heavy atom. The van der Waals surface area contributed by atoms with Gasteiger partial charge in [0.05, 0.1) is 51.5 Å². The van der Waals surface area contributed by atoms with E-state index in [4.69, 9.17) is 46.9 Å². The second-order valence-corrected chi connectivity index (χ2v) is 25.9. The number of carbonyl (C=O) groups is 6. The molecule has 91 heavy (non-hydrogen) atoms. The Balaban J connectivity index is 1.46. The monoisotopic (exact) mass is 1330 g/mol. The number of rotatable bonds is 39. The molecule has 31 heteroatoms. The van der Waals surface area contributed by atoms with Crippen LogP contribution in [-0.2, 0) is 80.3 Å². The van der Waals surface area contributed by atoms with E-state index in [0.717, 1.165) is 13.8 Å². The first-order chi connectivity index (χ1) is 42.8. The van der Waals surface area contributed by atoms with Crippen LogP contribution in [0.1, 0.15) is 115 Å². The van der Waals surface area contributed by atoms with E-state index in [2.05, 4.69) is 62.8 Å². The van der Waals surface area contributed by atoms with Crippen molar-refractivity contribution in [2.45, 2.75) is 213 Å². The summed E-state index contributed by atoms with van der Waals surface area (Å²) in [5.74, 6) is -3.52. The van der Waals surface area contributed by atoms with Gasteiger partial charge in [0.1, 0.15) is 79.7 Å². The van der Waals surface area contributed by atoms with Crippen LogP contribution in [0.4, 0.5) is 0 Å². The lowest BCUT2D eigenvalue weighted by atomic mass is 9.91. The molecule has 13 N–H and O–H groups in total. The number of carbonyl (C=O) groups excluding carboxylic acids is 6. The maximum atomic E-state index is 13.3. The smallest absolute Gasteiger partial charge is 0.461 e. The van der Waals surface area contributed by atoms with Crippen LogP contribution in [0.3, 0.4) is 0 Å². The molecular weight excluding hydrogens is 1220 g/mol. The van der Waals surface area contributed by atoms with Gasteiger partial charge in [0.2, 0.25) is 23.6 Å². The SMILES string of the molecule is CC(=O)NC1C(O)[C@@H](O)C(CO)O[C@@H]1OC1C(O)[C@H](O[C@@H]2C(CO)O[C@@H](OCCCNC(=O)CCCCC(=O)NCCOP(=O)(O)OCC(COC(=O)C(C)C(C)/C=C\C(C)C(C)C)OC(=O)C(C)C(C)/C=C\C(C)C(C)C)C(NC(C)=O)C2O)OC(CO)[C@@H]1O. The number of phosphoric ester groups is 1. The molecule has 30 nitrogen and oxygen atoms in total. The lowest BCUT2D eigenvalue weighted by molar-refractivity contribution is -0.369. The van der Waals surface area contributed by atoms with Crippen molar-refractivity contribution in [3.8, 4) is 0 Å². The molecule has 0 aliphatic carbocycles. The molecule has 0 aromatic rings. The van der Waals surface area contributed by atoms with Crippen molar-refractivity contribution >= 4 is 43.4 Å². The molecule has 23 atom stereocenters. The zero-order valence-electron chi connectivity index (χ0n) is 54.5. The number of unbranched alkanes of at least 4 members (excludes halogenated alkanes) is 1. The van der Waals surface area contributed by atoms with Crippen molar-refractivity contribution in [1.29, 1.82) is 0 Å². The third-order valence-corrected chi connectivity index (χ3v) is 17.5. The van der Waals surface area contributed by atoms with Crippen molar-refractivity contribution in [2.24, 2.45) is 47.3 Å². The van der Waals surface area contributed by atoms with Gasteiger partial charge in [-0.15, -0.1) is 0 Å². The highest BCUT2D eigenvalue weighted by molar-refractivity contribution is 7.47. The van der Waals surface area contributed by atoms with E-state index in [0.29, 0.717) is 30.6 Å². The summed E-state index contributed by atoms with van der Waals surface area (Å²) in [6.07, 6.45) is -14.3. The minimum absolute atomic E-state index is 0.00938. The number of nitrogens with one attached hydrogen (secondary N) is 4. The molecule has 0 spiro atoms. The number of aliphatic hydroxyl groups excluding tert-OH is 8. The zero-order chi connectivity index (χ0) is 68.4. The van der Waals surface area contributed by atoms with Gasteiger partial charge in [-0.05, 0) is 54.8 Å². The summed E-state index contributed by atoms with van der Waals surface area (Å²) >= 11 is 0. The predicted octanol–water partition coefficient (Wildman–Crippen LogP) is -0.249. The molecular formula is C60H105N4O26P. The Bertz CT molecular complexity index is 2340. The number of esters is 2. The first kappa shape index (κ1) is 81.1. The minimum Gasteiger partial charge on any atom is -0.461 e. The Labute approximate surface area is 533 Å². The van der Waals surface area contributed by atoms with Gasteiger partial charge in [-0.25, -0.2) is 4.57 Å². The summed E-state index contributed by atoms with van der Waals surface area (Å²) < 4.78 is 69.2. The number of ether oxygens (including phenoxy) is 8. The van der Waals surface area contributed by atoms with E-state index in [9.17, 15) is 79.1 Å². The van der Waals surface area contributed by atoms with E-state index in [-0.39, 0.29) is 62.6 Å². The van der Waals surface area contributed by atoms with E-state index < -0.39 is 187 Å². The van der Waals surface area contributed by atoms with Crippen molar-refractivity contribution in [3.63, 3.8) is 0 Å². The lowest BCUT2D eigenvalue weighted by Crippen LogP contribution is -2.69. The number of phosphoric acid groups is 1. The Hall–Kier alpha value is -4.15. The molecule has 3 saturated heterocycles. The number of allylic oxidation sites excluding steroid dienone is 4. The number of aliphatic hydroxyl groups is 8. The molecule has 4 amide bonds. The molecule has 0 aromatic carbocycles. The Morgan fingerprint density at radius 2 is 0.989 bits per heavy atom. The van der Waals surface area contributed by atoms with Crippen LogP contribution >= 0.6 is 7.82 Å². The summed E-state index contributed by atoms with van der Waals surface area (Å²) in [6.45, 7) is 17.7. The van der Waals surface area contributed by atoms with E-state index in [1.807, 2.05) is 38.2 Å². The normalized spacial score (nSPS) is 30.2. The average Bonchev–Trinajstić information content (AvgIpc) is 0.839. The topological polar surface area (TPSA) is 442 Å². The van der Waals surface area contributed by atoms with Crippen LogP contribution in [0.2, 0.25) is 0 Å². The fraction of sp³-hybridized carbons (Fsp3) is 0.833. The summed E-state index contributed by atoms with van der Waals surface area (Å²) in [7, 11) is -4.78. The summed E-state index contributed by atoms with van der Waals surface area (Å²) in [5, 5.41) is 95.8. The maximum absolute atomic E-state index is 13.3. The average molecular weight is 1330 g/mol. The fourth-order valence-corrected chi connectivity index (χ4v) is 10.2. The molecule has 0 radical (unpaired) electrons. The van der Waals surface area contributed by atoms with E-state index in [1.165, 1.54) is 0 Å². The summed E-state index contributed by atoms with van der Waals surface area (Å²) in [4.78, 5) is 86.6. The van der Waals surface area contributed by atoms with E-state index >= 15 is 0 Å². The molecule has 3 fully saturated rings. The van der Waals surface area contributed by atoms with Gasteiger partial charge in [-0.1, -0.05) is 93.5 Å². The van der Waals surface area contributed by atoms with Gasteiger partial charge in [0.25, 0.3) is 0 Å². The van der Waals surface area contributed by atoms with Crippen LogP contribution in [0.5, 0.6) is 0 Å². The predicted molar refractivity (Wildman–Crippen MR) is 323 cm³/mol.